The van der Waals surface area contributed by atoms with Crippen molar-refractivity contribution in [3.05, 3.63) is 59.9 Å². The van der Waals surface area contributed by atoms with Gasteiger partial charge in [-0.05, 0) is 67.7 Å². The maximum Gasteiger partial charge on any atom is 0.274 e. The summed E-state index contributed by atoms with van der Waals surface area (Å²) < 4.78 is 5.55. The number of aromatic amines is 1. The Morgan fingerprint density at radius 2 is 2.10 bits per heavy atom. The highest BCUT2D eigenvalue weighted by Gasteiger charge is 2.21. The minimum Gasteiger partial charge on any atom is -0.495 e. The molecule has 149 valence electrons. The van der Waals surface area contributed by atoms with Gasteiger partial charge in [-0.15, -0.1) is 0 Å². The average Bonchev–Trinajstić information content (AvgIpc) is 3.34. The number of rotatable bonds is 6. The molecule has 0 bridgehead atoms. The van der Waals surface area contributed by atoms with Gasteiger partial charge < -0.3 is 14.9 Å². The monoisotopic (exact) mass is 398 g/mol. The van der Waals surface area contributed by atoms with Crippen LogP contribution in [-0.4, -0.2) is 61.1 Å². The molecule has 1 fully saturated rings. The number of benzene rings is 1. The van der Waals surface area contributed by atoms with Crippen LogP contribution in [0.5, 0.6) is 5.75 Å². The van der Waals surface area contributed by atoms with Crippen LogP contribution in [0.3, 0.4) is 0 Å². The molecule has 1 aromatic carbocycles. The van der Waals surface area contributed by atoms with Crippen molar-refractivity contribution in [2.75, 3.05) is 25.5 Å². The summed E-state index contributed by atoms with van der Waals surface area (Å²) in [6.45, 7) is 1.89. The standard InChI is InChI=1S/C21H22B2N5O2/c1-30-20-13-15(14-8-11-28(23-22)12-9-14)5-6-18(20)26-21(29)19-4-2-3-16(25-19)17-7-10-24-27-17/h2-7,10,13-14H,8-9,11-12H2,1H3,(H,24,27)(H,26,29). The van der Waals surface area contributed by atoms with E-state index in [1.807, 2.05) is 24.3 Å². The van der Waals surface area contributed by atoms with Crippen molar-refractivity contribution in [1.82, 2.24) is 20.0 Å². The number of aromatic nitrogens is 3. The molecule has 0 atom stereocenters. The fourth-order valence-electron chi connectivity index (χ4n) is 3.74. The van der Waals surface area contributed by atoms with Gasteiger partial charge in [-0.3, -0.25) is 9.89 Å². The van der Waals surface area contributed by atoms with Crippen LogP contribution in [0.15, 0.2) is 48.7 Å². The maximum atomic E-state index is 12.8. The molecule has 0 spiro atoms. The normalized spacial score (nSPS) is 15.0. The first-order valence-corrected chi connectivity index (χ1v) is 9.93. The summed E-state index contributed by atoms with van der Waals surface area (Å²) in [5.74, 6) is 0.792. The van der Waals surface area contributed by atoms with Crippen LogP contribution >= 0.6 is 0 Å². The summed E-state index contributed by atoms with van der Waals surface area (Å²) in [6.07, 6.45) is 3.72. The summed E-state index contributed by atoms with van der Waals surface area (Å²) >= 11 is 0. The summed E-state index contributed by atoms with van der Waals surface area (Å²) in [5.41, 5.74) is 3.56. The molecule has 2 aromatic heterocycles. The molecule has 3 radical (unpaired) electrons. The van der Waals surface area contributed by atoms with Gasteiger partial charge in [0.15, 0.2) is 0 Å². The summed E-state index contributed by atoms with van der Waals surface area (Å²) in [5, 5.41) is 9.70. The number of piperidine rings is 1. The number of ether oxygens (including phenoxy) is 1. The molecule has 1 aliphatic heterocycles. The number of hydrogen-bond donors (Lipinski definition) is 2. The van der Waals surface area contributed by atoms with E-state index in [1.54, 1.807) is 32.7 Å². The Morgan fingerprint density at radius 1 is 1.27 bits per heavy atom. The number of anilines is 1. The number of carbonyl (C=O) groups excluding carboxylic acids is 1. The Kier molecular flexibility index (Phi) is 6.18. The molecule has 7 nitrogen and oxygen atoms in total. The zero-order chi connectivity index (χ0) is 20.9. The van der Waals surface area contributed by atoms with Crippen molar-refractivity contribution in [1.29, 1.82) is 0 Å². The van der Waals surface area contributed by atoms with Gasteiger partial charge in [0.1, 0.15) is 18.7 Å². The van der Waals surface area contributed by atoms with Gasteiger partial charge in [0, 0.05) is 13.9 Å². The van der Waals surface area contributed by atoms with Gasteiger partial charge >= 0.3 is 0 Å². The minimum atomic E-state index is -0.297. The highest BCUT2D eigenvalue weighted by Crippen LogP contribution is 2.33. The Labute approximate surface area is 177 Å². The zero-order valence-electron chi connectivity index (χ0n) is 16.8. The lowest BCUT2D eigenvalue weighted by molar-refractivity contribution is 0.102. The topological polar surface area (TPSA) is 83.1 Å². The quantitative estimate of drug-likeness (QED) is 0.624. The molecular formula is C21H22B2N5O2. The van der Waals surface area contributed by atoms with Crippen molar-refractivity contribution in [2.24, 2.45) is 0 Å². The van der Waals surface area contributed by atoms with E-state index >= 15 is 0 Å². The highest BCUT2D eigenvalue weighted by atomic mass is 16.5. The summed E-state index contributed by atoms with van der Waals surface area (Å²) in [4.78, 5) is 19.3. The van der Waals surface area contributed by atoms with E-state index in [1.165, 1.54) is 5.56 Å². The number of amides is 1. The molecule has 3 heterocycles. The van der Waals surface area contributed by atoms with Crippen molar-refractivity contribution in [3.8, 4) is 17.1 Å². The van der Waals surface area contributed by atoms with Gasteiger partial charge in [0.2, 0.25) is 0 Å². The van der Waals surface area contributed by atoms with Crippen LogP contribution < -0.4 is 10.1 Å². The Bertz CT molecular complexity index is 1000. The van der Waals surface area contributed by atoms with Crippen LogP contribution in [0.2, 0.25) is 0 Å². The van der Waals surface area contributed by atoms with Crippen molar-refractivity contribution in [3.63, 3.8) is 0 Å². The summed E-state index contributed by atoms with van der Waals surface area (Å²) in [6, 6.07) is 13.1. The molecule has 9 heteroatoms. The van der Waals surface area contributed by atoms with Crippen molar-refractivity contribution in [2.45, 2.75) is 18.8 Å². The van der Waals surface area contributed by atoms with Crippen molar-refractivity contribution < 1.29 is 9.53 Å². The lowest BCUT2D eigenvalue weighted by atomic mass is 9.64. The number of methoxy groups -OCH3 is 1. The molecule has 1 amide bonds. The van der Waals surface area contributed by atoms with E-state index in [0.717, 1.165) is 31.6 Å². The summed E-state index contributed by atoms with van der Waals surface area (Å²) in [7, 11) is 8.88. The van der Waals surface area contributed by atoms with E-state index in [4.69, 9.17) is 12.5 Å². The number of H-pyrrole nitrogens is 1. The molecule has 1 aliphatic rings. The van der Waals surface area contributed by atoms with Gasteiger partial charge in [0.05, 0.1) is 24.2 Å². The van der Waals surface area contributed by atoms with E-state index in [2.05, 4.69) is 31.4 Å². The van der Waals surface area contributed by atoms with Crippen LogP contribution in [0.1, 0.15) is 34.8 Å². The van der Waals surface area contributed by atoms with E-state index in [-0.39, 0.29) is 5.91 Å². The van der Waals surface area contributed by atoms with Crippen LogP contribution in [0.25, 0.3) is 11.4 Å². The smallest absolute Gasteiger partial charge is 0.274 e. The number of nitrogens with zero attached hydrogens (tertiary/aromatic N) is 3. The fraction of sp³-hybridized carbons (Fsp3) is 0.286. The van der Waals surface area contributed by atoms with Crippen LogP contribution in [0, 0.1) is 0 Å². The SMILES string of the molecule is [B][B]N1CCC(c2ccc(NC(=O)c3cccc(-c4ccn[nH]4)n3)c(OC)c2)CC1. The highest BCUT2D eigenvalue weighted by molar-refractivity contribution is 6.87. The molecule has 1 saturated heterocycles. The Balaban J connectivity index is 1.49. The zero-order valence-corrected chi connectivity index (χ0v) is 16.8. The molecule has 3 aromatic rings. The minimum absolute atomic E-state index is 0.297. The van der Waals surface area contributed by atoms with Gasteiger partial charge in [-0.2, -0.15) is 5.10 Å². The molecule has 2 N–H and O–H groups in total. The predicted octanol–water partition coefficient (Wildman–Crippen LogP) is 2.61. The molecule has 30 heavy (non-hydrogen) atoms. The first-order valence-electron chi connectivity index (χ1n) is 9.93. The van der Waals surface area contributed by atoms with Gasteiger partial charge in [0.25, 0.3) is 5.91 Å². The fourth-order valence-corrected chi connectivity index (χ4v) is 3.74. The number of pyridine rings is 1. The molecule has 4 rings (SSSR count). The second kappa shape index (κ2) is 9.17. The third-order valence-electron chi connectivity index (χ3n) is 5.44. The molecule has 0 unspecified atom stereocenters. The van der Waals surface area contributed by atoms with Crippen molar-refractivity contribution >= 4 is 26.6 Å². The number of nitrogens with one attached hydrogen (secondary N) is 2. The maximum absolute atomic E-state index is 12.8. The first-order chi connectivity index (χ1) is 14.7. The first kappa shape index (κ1) is 20.2. The predicted molar refractivity (Wildman–Crippen MR) is 118 cm³/mol. The third-order valence-corrected chi connectivity index (χ3v) is 5.44. The van der Waals surface area contributed by atoms with Crippen LogP contribution in [0.4, 0.5) is 5.69 Å². The third kappa shape index (κ3) is 4.41. The molecular weight excluding hydrogens is 376 g/mol. The second-order valence-corrected chi connectivity index (χ2v) is 7.25. The molecule has 0 saturated carbocycles. The Hall–Kier alpha value is -3.06. The van der Waals surface area contributed by atoms with E-state index in [0.29, 0.717) is 28.7 Å². The van der Waals surface area contributed by atoms with E-state index in [9.17, 15) is 4.79 Å². The Morgan fingerprint density at radius 3 is 2.80 bits per heavy atom. The lowest BCUT2D eigenvalue weighted by Crippen LogP contribution is -2.36. The lowest BCUT2D eigenvalue weighted by Gasteiger charge is -2.32. The average molecular weight is 398 g/mol. The van der Waals surface area contributed by atoms with Gasteiger partial charge in [-0.1, -0.05) is 12.1 Å². The molecule has 0 aliphatic carbocycles. The number of hydrogen-bond acceptors (Lipinski definition) is 5. The largest absolute Gasteiger partial charge is 0.495 e. The van der Waals surface area contributed by atoms with Crippen LogP contribution in [-0.2, 0) is 0 Å². The second-order valence-electron chi connectivity index (χ2n) is 7.25. The number of carbonyl (C=O) groups is 1. The van der Waals surface area contributed by atoms with E-state index < -0.39 is 0 Å². The van der Waals surface area contributed by atoms with Gasteiger partial charge in [-0.25, -0.2) is 4.98 Å².